The Morgan fingerprint density at radius 1 is 1.28 bits per heavy atom. The second kappa shape index (κ2) is 5.01. The van der Waals surface area contributed by atoms with Crippen LogP contribution >= 0.6 is 11.6 Å². The number of aromatic nitrogens is 1. The molecule has 0 fully saturated rings. The van der Waals surface area contributed by atoms with E-state index in [9.17, 15) is 10.1 Å². The lowest BCUT2D eigenvalue weighted by Gasteiger charge is -2.07. The van der Waals surface area contributed by atoms with E-state index in [1.165, 1.54) is 6.07 Å². The Kier molecular flexibility index (Phi) is 3.43. The van der Waals surface area contributed by atoms with E-state index in [4.69, 9.17) is 16.3 Å². The fourth-order valence-electron chi connectivity index (χ4n) is 1.47. The topological polar surface area (TPSA) is 65.3 Å². The highest BCUT2D eigenvalue weighted by Crippen LogP contribution is 2.30. The minimum Gasteiger partial charge on any atom is -0.438 e. The van der Waals surface area contributed by atoms with Gasteiger partial charge in [-0.05, 0) is 19.1 Å². The van der Waals surface area contributed by atoms with Gasteiger partial charge in [0.15, 0.2) is 0 Å². The molecule has 1 aromatic heterocycles. The zero-order valence-electron chi connectivity index (χ0n) is 9.46. The fourth-order valence-corrected chi connectivity index (χ4v) is 1.63. The van der Waals surface area contributed by atoms with Crippen molar-refractivity contribution in [1.82, 2.24) is 4.98 Å². The number of nitrogens with zero attached hydrogens (tertiary/aromatic N) is 2. The molecular weight excluding hydrogens is 256 g/mol. The highest BCUT2D eigenvalue weighted by atomic mass is 35.5. The lowest BCUT2D eigenvalue weighted by molar-refractivity contribution is -0.385. The molecule has 1 heterocycles. The molecule has 0 spiro atoms. The van der Waals surface area contributed by atoms with Crippen molar-refractivity contribution >= 4 is 17.3 Å². The zero-order valence-corrected chi connectivity index (χ0v) is 10.2. The SMILES string of the molecule is Cc1c(Oc2cccc(Cl)n2)cccc1[N+](=O)[O-]. The molecule has 0 aliphatic heterocycles. The minimum absolute atomic E-state index is 0.00882. The predicted octanol–water partition coefficient (Wildman–Crippen LogP) is 3.74. The molecule has 0 atom stereocenters. The van der Waals surface area contributed by atoms with Gasteiger partial charge in [0, 0.05) is 12.1 Å². The maximum atomic E-state index is 10.8. The molecule has 0 saturated heterocycles. The molecule has 0 bridgehead atoms. The Morgan fingerprint density at radius 3 is 2.67 bits per heavy atom. The normalized spacial score (nSPS) is 10.1. The van der Waals surface area contributed by atoms with Gasteiger partial charge < -0.3 is 4.74 Å². The fraction of sp³-hybridized carbons (Fsp3) is 0.0833. The molecular formula is C12H9ClN2O3. The molecule has 0 amide bonds. The Balaban J connectivity index is 2.35. The molecule has 2 aromatic rings. The zero-order chi connectivity index (χ0) is 13.1. The predicted molar refractivity (Wildman–Crippen MR) is 67.2 cm³/mol. The van der Waals surface area contributed by atoms with Crippen LogP contribution in [0.15, 0.2) is 36.4 Å². The second-order valence-corrected chi connectivity index (χ2v) is 3.95. The highest BCUT2D eigenvalue weighted by molar-refractivity contribution is 6.29. The number of halogens is 1. The van der Waals surface area contributed by atoms with E-state index in [0.717, 1.165) is 0 Å². The number of nitro benzene ring substituents is 1. The number of hydrogen-bond donors (Lipinski definition) is 0. The van der Waals surface area contributed by atoms with Crippen LogP contribution in [0, 0.1) is 17.0 Å². The summed E-state index contributed by atoms with van der Waals surface area (Å²) in [4.78, 5) is 14.3. The van der Waals surface area contributed by atoms with Crippen molar-refractivity contribution < 1.29 is 9.66 Å². The van der Waals surface area contributed by atoms with Crippen LogP contribution in [0.5, 0.6) is 11.6 Å². The van der Waals surface area contributed by atoms with Crippen molar-refractivity contribution in [2.45, 2.75) is 6.92 Å². The van der Waals surface area contributed by atoms with Crippen LogP contribution in [0.3, 0.4) is 0 Å². The minimum atomic E-state index is -0.451. The standard InChI is InChI=1S/C12H9ClN2O3/c1-8-9(15(16)17)4-2-5-10(8)18-12-7-3-6-11(13)14-12/h2-7H,1H3. The summed E-state index contributed by atoms with van der Waals surface area (Å²) >= 11 is 5.73. The van der Waals surface area contributed by atoms with Gasteiger partial charge in [0.2, 0.25) is 5.88 Å². The van der Waals surface area contributed by atoms with Gasteiger partial charge in [0.05, 0.1) is 10.5 Å². The Morgan fingerprint density at radius 2 is 2.00 bits per heavy atom. The maximum Gasteiger partial charge on any atom is 0.276 e. The first-order valence-corrected chi connectivity index (χ1v) is 5.50. The third-order valence-electron chi connectivity index (χ3n) is 2.36. The van der Waals surface area contributed by atoms with E-state index in [2.05, 4.69) is 4.98 Å². The lowest BCUT2D eigenvalue weighted by atomic mass is 10.2. The lowest BCUT2D eigenvalue weighted by Crippen LogP contribution is -1.95. The quantitative estimate of drug-likeness (QED) is 0.481. The van der Waals surface area contributed by atoms with E-state index in [1.807, 2.05) is 0 Å². The first-order chi connectivity index (χ1) is 8.58. The molecule has 92 valence electrons. The van der Waals surface area contributed by atoms with Gasteiger partial charge >= 0.3 is 0 Å². The summed E-state index contributed by atoms with van der Waals surface area (Å²) in [7, 11) is 0. The molecule has 5 nitrogen and oxygen atoms in total. The van der Waals surface area contributed by atoms with Crippen LogP contribution in [0.1, 0.15) is 5.56 Å². The van der Waals surface area contributed by atoms with E-state index in [-0.39, 0.29) is 5.69 Å². The Labute approximate surface area is 108 Å². The van der Waals surface area contributed by atoms with E-state index < -0.39 is 4.92 Å². The van der Waals surface area contributed by atoms with Crippen molar-refractivity contribution in [2.75, 3.05) is 0 Å². The van der Waals surface area contributed by atoms with Crippen LogP contribution < -0.4 is 4.74 Å². The van der Waals surface area contributed by atoms with Crippen LogP contribution in [0.4, 0.5) is 5.69 Å². The summed E-state index contributed by atoms with van der Waals surface area (Å²) < 4.78 is 5.48. The highest BCUT2D eigenvalue weighted by Gasteiger charge is 2.14. The number of benzene rings is 1. The number of nitro groups is 1. The third kappa shape index (κ3) is 2.57. The average molecular weight is 265 g/mol. The van der Waals surface area contributed by atoms with Gasteiger partial charge in [-0.2, -0.15) is 0 Å². The molecule has 0 unspecified atom stereocenters. The van der Waals surface area contributed by atoms with Crippen LogP contribution in [0.2, 0.25) is 5.15 Å². The monoisotopic (exact) mass is 264 g/mol. The van der Waals surface area contributed by atoms with E-state index in [0.29, 0.717) is 22.3 Å². The summed E-state index contributed by atoms with van der Waals surface area (Å²) in [5.41, 5.74) is 0.457. The average Bonchev–Trinajstić information content (AvgIpc) is 2.31. The van der Waals surface area contributed by atoms with Crippen molar-refractivity contribution in [3.8, 4) is 11.6 Å². The maximum absolute atomic E-state index is 10.8. The molecule has 18 heavy (non-hydrogen) atoms. The van der Waals surface area contributed by atoms with Crippen LogP contribution in [-0.4, -0.2) is 9.91 Å². The van der Waals surface area contributed by atoms with Crippen molar-refractivity contribution in [2.24, 2.45) is 0 Å². The van der Waals surface area contributed by atoms with E-state index in [1.54, 1.807) is 37.3 Å². The third-order valence-corrected chi connectivity index (χ3v) is 2.57. The second-order valence-electron chi connectivity index (χ2n) is 3.56. The van der Waals surface area contributed by atoms with Crippen molar-refractivity contribution in [3.63, 3.8) is 0 Å². The largest absolute Gasteiger partial charge is 0.438 e. The summed E-state index contributed by atoms with van der Waals surface area (Å²) in [6.45, 7) is 1.62. The Bertz CT molecular complexity index is 602. The molecule has 0 N–H and O–H groups in total. The van der Waals surface area contributed by atoms with Gasteiger partial charge in [-0.15, -0.1) is 0 Å². The van der Waals surface area contributed by atoms with Gasteiger partial charge in [0.1, 0.15) is 10.9 Å². The molecule has 0 saturated carbocycles. The molecule has 0 aliphatic carbocycles. The van der Waals surface area contributed by atoms with E-state index >= 15 is 0 Å². The van der Waals surface area contributed by atoms with Gasteiger partial charge in [-0.3, -0.25) is 10.1 Å². The first-order valence-electron chi connectivity index (χ1n) is 5.12. The van der Waals surface area contributed by atoms with Crippen LogP contribution in [0.25, 0.3) is 0 Å². The van der Waals surface area contributed by atoms with Crippen molar-refractivity contribution in [1.29, 1.82) is 0 Å². The number of pyridine rings is 1. The number of rotatable bonds is 3. The Hall–Kier alpha value is -2.14. The summed E-state index contributed by atoms with van der Waals surface area (Å²) in [6, 6.07) is 9.57. The van der Waals surface area contributed by atoms with Gasteiger partial charge in [0.25, 0.3) is 5.69 Å². The molecule has 0 aliphatic rings. The van der Waals surface area contributed by atoms with Gasteiger partial charge in [-0.1, -0.05) is 23.7 Å². The summed E-state index contributed by atoms with van der Waals surface area (Å²) in [6.07, 6.45) is 0. The van der Waals surface area contributed by atoms with Crippen molar-refractivity contribution in [3.05, 3.63) is 57.2 Å². The summed E-state index contributed by atoms with van der Waals surface area (Å²) in [5.74, 6) is 0.685. The molecule has 2 rings (SSSR count). The van der Waals surface area contributed by atoms with Gasteiger partial charge in [-0.25, -0.2) is 4.98 Å². The number of ether oxygens (including phenoxy) is 1. The molecule has 0 radical (unpaired) electrons. The number of hydrogen-bond acceptors (Lipinski definition) is 4. The molecule has 1 aromatic carbocycles. The summed E-state index contributed by atoms with van der Waals surface area (Å²) in [5, 5.41) is 11.1. The molecule has 6 heteroatoms. The van der Waals surface area contributed by atoms with Crippen LogP contribution in [-0.2, 0) is 0 Å². The smallest absolute Gasteiger partial charge is 0.276 e. The first kappa shape index (κ1) is 12.3.